The third-order valence-electron chi connectivity index (χ3n) is 6.50. The van der Waals surface area contributed by atoms with Crippen LogP contribution in [0.25, 0.3) is 0 Å². The van der Waals surface area contributed by atoms with Crippen molar-refractivity contribution in [1.82, 2.24) is 4.90 Å². The predicted molar refractivity (Wildman–Crippen MR) is 119 cm³/mol. The zero-order chi connectivity index (χ0) is 20.1. The lowest BCUT2D eigenvalue weighted by Gasteiger charge is -2.40. The highest BCUT2D eigenvalue weighted by molar-refractivity contribution is 5.58. The first-order valence-corrected chi connectivity index (χ1v) is 11.1. The summed E-state index contributed by atoms with van der Waals surface area (Å²) in [5, 5.41) is 0. The first kappa shape index (κ1) is 20.1. The fourth-order valence-corrected chi connectivity index (χ4v) is 4.78. The van der Waals surface area contributed by atoms with Gasteiger partial charge in [0.15, 0.2) is 0 Å². The number of hydrogen-bond donors (Lipinski definition) is 0. The van der Waals surface area contributed by atoms with E-state index in [2.05, 4.69) is 59.2 Å². The van der Waals surface area contributed by atoms with E-state index >= 15 is 0 Å². The quantitative estimate of drug-likeness (QED) is 0.705. The Balaban J connectivity index is 1.34. The second-order valence-electron chi connectivity index (χ2n) is 8.43. The molecule has 0 spiro atoms. The van der Waals surface area contributed by atoms with Crippen LogP contribution in [0.3, 0.4) is 0 Å². The van der Waals surface area contributed by atoms with E-state index in [4.69, 9.17) is 9.47 Å². The molecule has 4 heteroatoms. The molecule has 1 aliphatic carbocycles. The van der Waals surface area contributed by atoms with E-state index < -0.39 is 0 Å². The fraction of sp³-hybridized carbons (Fsp3) is 0.520. The zero-order valence-electron chi connectivity index (χ0n) is 17.8. The van der Waals surface area contributed by atoms with Crippen molar-refractivity contribution in [2.45, 2.75) is 38.7 Å². The Morgan fingerprint density at radius 2 is 1.55 bits per heavy atom. The number of piperazine rings is 1. The standard InChI is InChI=1S/C25H34N2O2/c1-20-9-3-6-12-23(20)29-24-13-7-4-10-21(24)19-26-15-17-27(18-16-26)22-11-5-8-14-25(22)28-2/h3,5-6,8-9,11-12,14,21,24H,4,7,10,13,15-19H2,1-2H3. The highest BCUT2D eigenvalue weighted by Gasteiger charge is 2.30. The molecule has 1 aliphatic heterocycles. The summed E-state index contributed by atoms with van der Waals surface area (Å²) in [6, 6.07) is 16.8. The summed E-state index contributed by atoms with van der Waals surface area (Å²) >= 11 is 0. The molecule has 2 fully saturated rings. The van der Waals surface area contributed by atoms with Crippen molar-refractivity contribution in [2.75, 3.05) is 44.7 Å². The van der Waals surface area contributed by atoms with E-state index in [0.29, 0.717) is 12.0 Å². The highest BCUT2D eigenvalue weighted by Crippen LogP contribution is 2.32. The molecule has 1 heterocycles. The normalized spacial score (nSPS) is 23.0. The van der Waals surface area contributed by atoms with Gasteiger partial charge in [-0.05, 0) is 49.9 Å². The van der Waals surface area contributed by atoms with Crippen molar-refractivity contribution in [3.63, 3.8) is 0 Å². The molecule has 2 aromatic carbocycles. The monoisotopic (exact) mass is 394 g/mol. The Bertz CT molecular complexity index is 786. The number of aryl methyl sites for hydroxylation is 1. The number of ether oxygens (including phenoxy) is 2. The summed E-state index contributed by atoms with van der Waals surface area (Å²) in [5.74, 6) is 2.66. The van der Waals surface area contributed by atoms with Crippen LogP contribution in [0.2, 0.25) is 0 Å². The van der Waals surface area contributed by atoms with Crippen LogP contribution in [0.4, 0.5) is 5.69 Å². The maximum atomic E-state index is 6.51. The Morgan fingerprint density at radius 1 is 0.862 bits per heavy atom. The molecule has 0 amide bonds. The molecule has 0 N–H and O–H groups in total. The molecule has 2 aliphatic rings. The fourth-order valence-electron chi connectivity index (χ4n) is 4.78. The lowest BCUT2D eigenvalue weighted by molar-refractivity contribution is 0.0632. The summed E-state index contributed by atoms with van der Waals surface area (Å²) in [5.41, 5.74) is 2.45. The van der Waals surface area contributed by atoms with Gasteiger partial charge in [-0.2, -0.15) is 0 Å². The van der Waals surface area contributed by atoms with Crippen LogP contribution in [0.15, 0.2) is 48.5 Å². The SMILES string of the molecule is COc1ccccc1N1CCN(CC2CCCCC2Oc2ccccc2C)CC1. The first-order chi connectivity index (χ1) is 14.2. The molecule has 1 saturated carbocycles. The molecular weight excluding hydrogens is 360 g/mol. The third kappa shape index (κ3) is 4.87. The molecule has 29 heavy (non-hydrogen) atoms. The average molecular weight is 395 g/mol. The van der Waals surface area contributed by atoms with Gasteiger partial charge in [0.2, 0.25) is 0 Å². The Labute approximate surface area is 175 Å². The maximum absolute atomic E-state index is 6.51. The van der Waals surface area contributed by atoms with Crippen LogP contribution in [0.5, 0.6) is 11.5 Å². The highest BCUT2D eigenvalue weighted by atomic mass is 16.5. The van der Waals surface area contributed by atoms with Gasteiger partial charge in [0.1, 0.15) is 17.6 Å². The zero-order valence-corrected chi connectivity index (χ0v) is 17.8. The summed E-state index contributed by atoms with van der Waals surface area (Å²) < 4.78 is 12.1. The minimum atomic E-state index is 0.345. The van der Waals surface area contributed by atoms with Crippen LogP contribution in [0, 0.1) is 12.8 Å². The average Bonchev–Trinajstić information content (AvgIpc) is 2.77. The van der Waals surface area contributed by atoms with Crippen molar-refractivity contribution in [1.29, 1.82) is 0 Å². The number of methoxy groups -OCH3 is 1. The van der Waals surface area contributed by atoms with Crippen LogP contribution in [-0.2, 0) is 0 Å². The largest absolute Gasteiger partial charge is 0.495 e. The first-order valence-electron chi connectivity index (χ1n) is 11.1. The van der Waals surface area contributed by atoms with E-state index in [1.54, 1.807) is 7.11 Å². The van der Waals surface area contributed by atoms with Gasteiger partial charge in [0, 0.05) is 38.6 Å². The smallest absolute Gasteiger partial charge is 0.142 e. The number of benzene rings is 2. The Morgan fingerprint density at radius 3 is 2.31 bits per heavy atom. The molecule has 0 radical (unpaired) electrons. The van der Waals surface area contributed by atoms with Crippen molar-refractivity contribution in [2.24, 2.45) is 5.92 Å². The lowest BCUT2D eigenvalue weighted by Crippen LogP contribution is -2.49. The molecule has 0 aromatic heterocycles. The van der Waals surface area contributed by atoms with E-state index in [-0.39, 0.29) is 0 Å². The molecule has 1 saturated heterocycles. The Kier molecular flexibility index (Phi) is 6.60. The molecule has 0 bridgehead atoms. The van der Waals surface area contributed by atoms with Crippen LogP contribution in [0.1, 0.15) is 31.2 Å². The van der Waals surface area contributed by atoms with Crippen molar-refractivity contribution in [3.05, 3.63) is 54.1 Å². The summed E-state index contributed by atoms with van der Waals surface area (Å²) in [6.45, 7) is 7.60. The minimum Gasteiger partial charge on any atom is -0.495 e. The van der Waals surface area contributed by atoms with Gasteiger partial charge in [0.25, 0.3) is 0 Å². The van der Waals surface area contributed by atoms with E-state index in [9.17, 15) is 0 Å². The summed E-state index contributed by atoms with van der Waals surface area (Å²) in [6.07, 6.45) is 5.43. The molecule has 2 aromatic rings. The molecule has 2 atom stereocenters. The van der Waals surface area contributed by atoms with Gasteiger partial charge in [-0.3, -0.25) is 4.90 Å². The predicted octanol–water partition coefficient (Wildman–Crippen LogP) is 4.76. The van der Waals surface area contributed by atoms with Gasteiger partial charge in [-0.15, -0.1) is 0 Å². The number of nitrogens with zero attached hydrogens (tertiary/aromatic N) is 2. The number of rotatable bonds is 6. The van der Waals surface area contributed by atoms with Gasteiger partial charge in [0.05, 0.1) is 12.8 Å². The van der Waals surface area contributed by atoms with Crippen molar-refractivity contribution < 1.29 is 9.47 Å². The van der Waals surface area contributed by atoms with Gasteiger partial charge >= 0.3 is 0 Å². The van der Waals surface area contributed by atoms with Crippen LogP contribution >= 0.6 is 0 Å². The molecule has 156 valence electrons. The number of hydrogen-bond acceptors (Lipinski definition) is 4. The van der Waals surface area contributed by atoms with Crippen molar-refractivity contribution in [3.8, 4) is 11.5 Å². The second kappa shape index (κ2) is 9.53. The maximum Gasteiger partial charge on any atom is 0.142 e. The van der Waals surface area contributed by atoms with Gasteiger partial charge < -0.3 is 14.4 Å². The van der Waals surface area contributed by atoms with Crippen LogP contribution < -0.4 is 14.4 Å². The molecule has 4 rings (SSSR count). The molecule has 2 unspecified atom stereocenters. The molecular formula is C25H34N2O2. The van der Waals surface area contributed by atoms with E-state index in [1.165, 1.54) is 36.9 Å². The van der Waals surface area contributed by atoms with Gasteiger partial charge in [-0.25, -0.2) is 0 Å². The lowest BCUT2D eigenvalue weighted by atomic mass is 9.85. The Hall–Kier alpha value is -2.20. The number of anilines is 1. The second-order valence-corrected chi connectivity index (χ2v) is 8.43. The topological polar surface area (TPSA) is 24.9 Å². The number of para-hydroxylation sites is 3. The van der Waals surface area contributed by atoms with Crippen molar-refractivity contribution >= 4 is 5.69 Å². The molecule has 4 nitrogen and oxygen atoms in total. The minimum absolute atomic E-state index is 0.345. The summed E-state index contributed by atoms with van der Waals surface area (Å²) in [4.78, 5) is 5.09. The van der Waals surface area contributed by atoms with Gasteiger partial charge in [-0.1, -0.05) is 36.8 Å². The van der Waals surface area contributed by atoms with E-state index in [0.717, 1.165) is 44.2 Å². The third-order valence-corrected chi connectivity index (χ3v) is 6.50. The van der Waals surface area contributed by atoms with E-state index in [1.807, 2.05) is 6.07 Å². The summed E-state index contributed by atoms with van der Waals surface area (Å²) in [7, 11) is 1.76. The van der Waals surface area contributed by atoms with Crippen LogP contribution in [-0.4, -0.2) is 50.8 Å².